The molecule has 1 amide bonds. The smallest absolute Gasteiger partial charge is 0.335 e. The molecule has 37 heavy (non-hydrogen) atoms. The molecule has 3 aromatic rings. The molecule has 1 atom stereocenters. The third-order valence-electron chi connectivity index (χ3n) is 6.16. The van der Waals surface area contributed by atoms with Gasteiger partial charge < -0.3 is 4.90 Å². The van der Waals surface area contributed by atoms with Gasteiger partial charge in [-0.15, -0.1) is 5.10 Å². The average Bonchev–Trinajstić information content (AvgIpc) is 3.17. The first-order valence-corrected chi connectivity index (χ1v) is 11.2. The average molecular weight is 546 g/mol. The molecular weight excluding hydrogens is 531 g/mol. The fourth-order valence-electron chi connectivity index (χ4n) is 4.26. The van der Waals surface area contributed by atoms with Crippen molar-refractivity contribution in [3.8, 4) is 5.69 Å². The summed E-state index contributed by atoms with van der Waals surface area (Å²) in [5.74, 6) is -4.33. The SMILES string of the molecule is C[C@@H]1N=C(c2c(F)cccc2F)c2c(ccc(C(F)(F)F)c2Cl)-n2nc(C(=O)N3CC(C(F)F)C3)nc21. The molecule has 14 heteroatoms. The molecule has 0 N–H and O–H groups in total. The van der Waals surface area contributed by atoms with Gasteiger partial charge in [-0.3, -0.25) is 9.79 Å². The minimum Gasteiger partial charge on any atom is -0.335 e. The standard InChI is InChI=1S/C23H15ClF7N5O/c1-9-21-33-20(22(37)35-7-10(8-35)19(27)28)34-36(21)14-6-5-11(23(29,30)31)17(24)16(14)18(32-9)15-12(25)3-2-4-13(15)26/h2-6,9-10,19H,7-8H2,1H3/t9-/m0/s1. The number of halogens is 8. The highest BCUT2D eigenvalue weighted by molar-refractivity contribution is 6.37. The van der Waals surface area contributed by atoms with Crippen LogP contribution in [-0.2, 0) is 6.18 Å². The summed E-state index contributed by atoms with van der Waals surface area (Å²) in [6.07, 6.45) is -7.51. The Labute approximate surface area is 209 Å². The van der Waals surface area contributed by atoms with Gasteiger partial charge in [0.2, 0.25) is 12.2 Å². The normalized spacial score (nSPS) is 17.7. The number of amides is 1. The Hall–Kier alpha value is -3.48. The molecular formula is C23H15ClF7N5O. The van der Waals surface area contributed by atoms with Crippen LogP contribution in [0.4, 0.5) is 30.7 Å². The minimum atomic E-state index is -4.91. The Morgan fingerprint density at radius 2 is 1.73 bits per heavy atom. The van der Waals surface area contributed by atoms with Crippen LogP contribution < -0.4 is 0 Å². The topological polar surface area (TPSA) is 63.4 Å². The van der Waals surface area contributed by atoms with E-state index >= 15 is 0 Å². The molecule has 0 saturated carbocycles. The third kappa shape index (κ3) is 4.14. The van der Waals surface area contributed by atoms with Crippen molar-refractivity contribution in [3.63, 3.8) is 0 Å². The number of aromatic nitrogens is 3. The maximum atomic E-state index is 14.8. The van der Waals surface area contributed by atoms with Gasteiger partial charge in [-0.05, 0) is 31.2 Å². The van der Waals surface area contributed by atoms with Gasteiger partial charge in [-0.25, -0.2) is 27.2 Å². The predicted octanol–water partition coefficient (Wildman–Crippen LogP) is 5.47. The second-order valence-corrected chi connectivity index (χ2v) is 8.96. The fourth-order valence-corrected chi connectivity index (χ4v) is 4.61. The first kappa shape index (κ1) is 25.2. The number of benzene rings is 2. The number of hydrogen-bond donors (Lipinski definition) is 0. The van der Waals surface area contributed by atoms with Crippen LogP contribution in [0.15, 0.2) is 35.3 Å². The summed E-state index contributed by atoms with van der Waals surface area (Å²) in [5.41, 5.74) is -3.08. The molecule has 2 aliphatic heterocycles. The quantitative estimate of drug-likeness (QED) is 0.410. The lowest BCUT2D eigenvalue weighted by molar-refractivity contribution is -0.137. The van der Waals surface area contributed by atoms with E-state index in [-0.39, 0.29) is 24.6 Å². The second-order valence-electron chi connectivity index (χ2n) is 8.58. The van der Waals surface area contributed by atoms with Gasteiger partial charge in [-0.2, -0.15) is 13.2 Å². The van der Waals surface area contributed by atoms with Gasteiger partial charge in [0.15, 0.2) is 5.82 Å². The Morgan fingerprint density at radius 1 is 1.08 bits per heavy atom. The summed E-state index contributed by atoms with van der Waals surface area (Å²) >= 11 is 6.19. The zero-order valence-electron chi connectivity index (χ0n) is 18.7. The summed E-state index contributed by atoms with van der Waals surface area (Å²) in [6, 6.07) is 3.53. The monoisotopic (exact) mass is 545 g/mol. The molecule has 0 bridgehead atoms. The highest BCUT2D eigenvalue weighted by Crippen LogP contribution is 2.42. The van der Waals surface area contributed by atoms with Gasteiger partial charge in [0, 0.05) is 18.7 Å². The lowest BCUT2D eigenvalue weighted by atomic mass is 9.97. The maximum absolute atomic E-state index is 14.8. The largest absolute Gasteiger partial charge is 0.417 e. The molecule has 6 nitrogen and oxygen atoms in total. The van der Waals surface area contributed by atoms with E-state index in [0.717, 1.165) is 33.8 Å². The highest BCUT2D eigenvalue weighted by atomic mass is 35.5. The molecule has 2 aromatic carbocycles. The van der Waals surface area contributed by atoms with Crippen LogP contribution in [0.5, 0.6) is 0 Å². The number of carbonyl (C=O) groups excluding carboxylic acids is 1. The molecule has 1 saturated heterocycles. The number of nitrogens with zero attached hydrogens (tertiary/aromatic N) is 5. The third-order valence-corrected chi connectivity index (χ3v) is 6.56. The molecule has 0 spiro atoms. The lowest BCUT2D eigenvalue weighted by Crippen LogP contribution is -2.52. The van der Waals surface area contributed by atoms with Crippen LogP contribution in [0, 0.1) is 17.6 Å². The van der Waals surface area contributed by atoms with Crippen LogP contribution in [0.25, 0.3) is 5.69 Å². The van der Waals surface area contributed by atoms with E-state index in [1.54, 1.807) is 0 Å². The summed E-state index contributed by atoms with van der Waals surface area (Å²) < 4.78 is 97.3. The number of rotatable bonds is 3. The van der Waals surface area contributed by atoms with Crippen molar-refractivity contribution < 1.29 is 35.5 Å². The molecule has 0 radical (unpaired) electrons. The van der Waals surface area contributed by atoms with Crippen molar-refractivity contribution in [1.29, 1.82) is 0 Å². The molecule has 194 valence electrons. The number of likely N-dealkylation sites (tertiary alicyclic amines) is 1. The van der Waals surface area contributed by atoms with Crippen molar-refractivity contribution >= 4 is 23.2 Å². The first-order chi connectivity index (χ1) is 17.4. The Balaban J connectivity index is 1.70. The Morgan fingerprint density at radius 3 is 2.32 bits per heavy atom. The van der Waals surface area contributed by atoms with Crippen LogP contribution in [0.2, 0.25) is 5.02 Å². The van der Waals surface area contributed by atoms with E-state index in [1.165, 1.54) is 6.92 Å². The van der Waals surface area contributed by atoms with Crippen molar-refractivity contribution in [2.45, 2.75) is 25.6 Å². The lowest BCUT2D eigenvalue weighted by Gasteiger charge is -2.37. The van der Waals surface area contributed by atoms with Crippen LogP contribution >= 0.6 is 11.6 Å². The van der Waals surface area contributed by atoms with E-state index in [0.29, 0.717) is 6.07 Å². The molecule has 5 rings (SSSR count). The molecule has 1 aromatic heterocycles. The summed E-state index contributed by atoms with van der Waals surface area (Å²) in [7, 11) is 0. The maximum Gasteiger partial charge on any atom is 0.417 e. The van der Waals surface area contributed by atoms with Gasteiger partial charge in [0.1, 0.15) is 17.7 Å². The van der Waals surface area contributed by atoms with E-state index < -0.39 is 75.4 Å². The summed E-state index contributed by atoms with van der Waals surface area (Å²) in [6.45, 7) is 1.03. The van der Waals surface area contributed by atoms with Gasteiger partial charge in [-0.1, -0.05) is 17.7 Å². The van der Waals surface area contributed by atoms with Crippen LogP contribution in [-0.4, -0.2) is 50.8 Å². The molecule has 0 unspecified atom stereocenters. The van der Waals surface area contributed by atoms with Crippen molar-refractivity contribution in [3.05, 3.63) is 75.3 Å². The van der Waals surface area contributed by atoms with Crippen molar-refractivity contribution in [2.75, 3.05) is 13.1 Å². The van der Waals surface area contributed by atoms with Gasteiger partial charge in [0.25, 0.3) is 5.91 Å². The van der Waals surface area contributed by atoms with E-state index in [2.05, 4.69) is 15.1 Å². The molecule has 2 aliphatic rings. The first-order valence-electron chi connectivity index (χ1n) is 10.9. The fraction of sp³-hybridized carbons (Fsp3) is 0.304. The van der Waals surface area contributed by atoms with E-state index in [4.69, 9.17) is 11.6 Å². The zero-order chi connectivity index (χ0) is 26.8. The number of hydrogen-bond acceptors (Lipinski definition) is 4. The van der Waals surface area contributed by atoms with Crippen molar-refractivity contribution in [2.24, 2.45) is 10.9 Å². The zero-order valence-corrected chi connectivity index (χ0v) is 19.5. The van der Waals surface area contributed by atoms with Crippen molar-refractivity contribution in [1.82, 2.24) is 19.7 Å². The number of alkyl halides is 5. The molecule has 1 fully saturated rings. The van der Waals surface area contributed by atoms with E-state index in [1.807, 2.05) is 0 Å². The molecule has 3 heterocycles. The summed E-state index contributed by atoms with van der Waals surface area (Å²) in [5, 5.41) is 3.23. The second kappa shape index (κ2) is 8.82. The summed E-state index contributed by atoms with van der Waals surface area (Å²) in [4.78, 5) is 22.3. The number of aliphatic imine (C=N–C) groups is 1. The van der Waals surface area contributed by atoms with Gasteiger partial charge >= 0.3 is 6.18 Å². The van der Waals surface area contributed by atoms with Crippen LogP contribution in [0.1, 0.15) is 46.1 Å². The minimum absolute atomic E-state index is 0.0295. The van der Waals surface area contributed by atoms with E-state index in [9.17, 15) is 35.5 Å². The Bertz CT molecular complexity index is 1430. The van der Waals surface area contributed by atoms with Gasteiger partial charge in [0.05, 0.1) is 33.5 Å². The number of fused-ring (bicyclic) bond motifs is 3. The predicted molar refractivity (Wildman–Crippen MR) is 117 cm³/mol. The number of carbonyl (C=O) groups is 1. The Kier molecular flexibility index (Phi) is 6.00. The van der Waals surface area contributed by atoms with Crippen LogP contribution in [0.3, 0.4) is 0 Å². The highest BCUT2D eigenvalue weighted by Gasteiger charge is 2.41. The molecule has 0 aliphatic carbocycles.